The maximum atomic E-state index is 10.4. The number of rotatable bonds is 2. The van der Waals surface area contributed by atoms with Crippen LogP contribution < -0.4 is 0 Å². The van der Waals surface area contributed by atoms with Gasteiger partial charge in [-0.1, -0.05) is 5.16 Å². The maximum absolute atomic E-state index is 10.4. The lowest BCUT2D eigenvalue weighted by Gasteiger charge is -1.87. The van der Waals surface area contributed by atoms with E-state index in [2.05, 4.69) is 21.1 Å². The van der Waals surface area contributed by atoms with Crippen molar-refractivity contribution >= 4 is 38.7 Å². The van der Waals surface area contributed by atoms with E-state index >= 15 is 0 Å². The average molecular weight is 265 g/mol. The zero-order valence-electron chi connectivity index (χ0n) is 6.52. The Morgan fingerprint density at radius 2 is 2.46 bits per heavy atom. The first-order valence-corrected chi connectivity index (χ1v) is 4.80. The third-order valence-corrected chi connectivity index (χ3v) is 3.29. The summed E-state index contributed by atoms with van der Waals surface area (Å²) < 4.78 is 0.426. The SMILES string of the molecule is CC(=NO)c1cc([N+](=O)[O-])c(Br)s1. The Morgan fingerprint density at radius 3 is 2.85 bits per heavy atom. The highest BCUT2D eigenvalue weighted by Gasteiger charge is 2.17. The fourth-order valence-corrected chi connectivity index (χ4v) is 2.28. The number of thiophene rings is 1. The molecule has 0 saturated carbocycles. The smallest absolute Gasteiger partial charge is 0.294 e. The average Bonchev–Trinajstić information content (AvgIpc) is 2.46. The van der Waals surface area contributed by atoms with Crippen molar-refractivity contribution in [2.45, 2.75) is 6.92 Å². The zero-order chi connectivity index (χ0) is 10.0. The van der Waals surface area contributed by atoms with E-state index in [4.69, 9.17) is 5.21 Å². The molecular formula is C6H5BrN2O3S. The van der Waals surface area contributed by atoms with Gasteiger partial charge in [0.1, 0.15) is 3.79 Å². The van der Waals surface area contributed by atoms with E-state index in [1.165, 1.54) is 6.07 Å². The number of nitrogens with zero attached hydrogens (tertiary/aromatic N) is 2. The van der Waals surface area contributed by atoms with Gasteiger partial charge in [-0.15, -0.1) is 11.3 Å². The van der Waals surface area contributed by atoms with Gasteiger partial charge in [-0.05, 0) is 22.9 Å². The highest BCUT2D eigenvalue weighted by Crippen LogP contribution is 2.34. The van der Waals surface area contributed by atoms with E-state index in [0.717, 1.165) is 11.3 Å². The third kappa shape index (κ3) is 2.04. The lowest BCUT2D eigenvalue weighted by molar-refractivity contribution is -0.385. The molecule has 0 spiro atoms. The van der Waals surface area contributed by atoms with E-state index in [9.17, 15) is 10.1 Å². The molecule has 1 heterocycles. The van der Waals surface area contributed by atoms with Gasteiger partial charge >= 0.3 is 0 Å². The van der Waals surface area contributed by atoms with Crippen LogP contribution in [0.4, 0.5) is 5.69 Å². The Hall–Kier alpha value is -0.950. The van der Waals surface area contributed by atoms with Crippen LogP contribution in [0.5, 0.6) is 0 Å². The van der Waals surface area contributed by atoms with Crippen molar-refractivity contribution < 1.29 is 10.1 Å². The second-order valence-electron chi connectivity index (χ2n) is 2.21. The van der Waals surface area contributed by atoms with Gasteiger partial charge in [-0.25, -0.2) is 0 Å². The van der Waals surface area contributed by atoms with Gasteiger partial charge in [-0.3, -0.25) is 10.1 Å². The quantitative estimate of drug-likeness (QED) is 0.386. The molecular weight excluding hydrogens is 260 g/mol. The van der Waals surface area contributed by atoms with Crippen LogP contribution in [0, 0.1) is 10.1 Å². The molecule has 0 radical (unpaired) electrons. The Morgan fingerprint density at radius 1 is 1.85 bits per heavy atom. The summed E-state index contributed by atoms with van der Waals surface area (Å²) in [5.74, 6) is 0. The molecule has 70 valence electrons. The van der Waals surface area contributed by atoms with Crippen molar-refractivity contribution in [3.63, 3.8) is 0 Å². The first kappa shape index (κ1) is 10.1. The predicted octanol–water partition coefficient (Wildman–Crippen LogP) is 2.62. The minimum atomic E-state index is -0.491. The van der Waals surface area contributed by atoms with Crippen LogP contribution in [0.25, 0.3) is 0 Å². The van der Waals surface area contributed by atoms with Gasteiger partial charge in [0.05, 0.1) is 15.5 Å². The molecule has 0 aliphatic carbocycles. The van der Waals surface area contributed by atoms with Gasteiger partial charge in [0.2, 0.25) is 0 Å². The molecule has 7 heteroatoms. The number of oxime groups is 1. The van der Waals surface area contributed by atoms with Gasteiger partial charge in [0, 0.05) is 6.07 Å². The molecule has 0 aromatic carbocycles. The van der Waals surface area contributed by atoms with Crippen LogP contribution in [0.2, 0.25) is 0 Å². The molecule has 0 saturated heterocycles. The van der Waals surface area contributed by atoms with Crippen LogP contribution >= 0.6 is 27.3 Å². The minimum Gasteiger partial charge on any atom is -0.411 e. The van der Waals surface area contributed by atoms with E-state index in [1.807, 2.05) is 0 Å². The van der Waals surface area contributed by atoms with Crippen molar-refractivity contribution in [3.05, 3.63) is 24.8 Å². The Labute approximate surface area is 86.0 Å². The molecule has 0 atom stereocenters. The standard InChI is InChI=1S/C6H5BrN2O3S/c1-3(8-10)5-2-4(9(11)12)6(7)13-5/h2,10H,1H3. The molecule has 5 nitrogen and oxygen atoms in total. The van der Waals surface area contributed by atoms with Crippen LogP contribution in [0.3, 0.4) is 0 Å². The molecule has 0 unspecified atom stereocenters. The topological polar surface area (TPSA) is 75.7 Å². The van der Waals surface area contributed by atoms with Gasteiger partial charge < -0.3 is 5.21 Å². The first-order valence-electron chi connectivity index (χ1n) is 3.19. The number of halogens is 1. The molecule has 0 aliphatic heterocycles. The molecule has 0 bridgehead atoms. The third-order valence-electron chi connectivity index (χ3n) is 1.37. The summed E-state index contributed by atoms with van der Waals surface area (Å²) in [5.41, 5.74) is 0.349. The van der Waals surface area contributed by atoms with Crippen LogP contribution in [0.1, 0.15) is 11.8 Å². The van der Waals surface area contributed by atoms with Gasteiger partial charge in [-0.2, -0.15) is 0 Å². The largest absolute Gasteiger partial charge is 0.411 e. The molecule has 0 aliphatic rings. The minimum absolute atomic E-state index is 0.0111. The van der Waals surface area contributed by atoms with Gasteiger partial charge in [0.25, 0.3) is 5.69 Å². The van der Waals surface area contributed by atoms with E-state index < -0.39 is 4.92 Å². The van der Waals surface area contributed by atoms with Crippen LogP contribution in [0.15, 0.2) is 15.0 Å². The van der Waals surface area contributed by atoms with Crippen LogP contribution in [-0.2, 0) is 0 Å². The number of nitro groups is 1. The maximum Gasteiger partial charge on any atom is 0.294 e. The van der Waals surface area contributed by atoms with E-state index in [0.29, 0.717) is 14.4 Å². The summed E-state index contributed by atoms with van der Waals surface area (Å²) in [7, 11) is 0. The lowest BCUT2D eigenvalue weighted by Crippen LogP contribution is -1.89. The van der Waals surface area contributed by atoms with Crippen molar-refractivity contribution in [1.29, 1.82) is 0 Å². The lowest BCUT2D eigenvalue weighted by atomic mass is 10.3. The fraction of sp³-hybridized carbons (Fsp3) is 0.167. The first-order chi connectivity index (χ1) is 6.06. The fourth-order valence-electron chi connectivity index (χ4n) is 0.711. The Bertz CT molecular complexity index is 374. The van der Waals surface area contributed by atoms with E-state index in [1.54, 1.807) is 6.92 Å². The molecule has 0 fully saturated rings. The zero-order valence-corrected chi connectivity index (χ0v) is 8.92. The second kappa shape index (κ2) is 3.84. The van der Waals surface area contributed by atoms with E-state index in [-0.39, 0.29) is 5.69 Å². The second-order valence-corrected chi connectivity index (χ2v) is 4.58. The van der Waals surface area contributed by atoms with Crippen LogP contribution in [-0.4, -0.2) is 15.8 Å². The van der Waals surface area contributed by atoms with Crippen molar-refractivity contribution in [3.8, 4) is 0 Å². The molecule has 1 aromatic heterocycles. The monoisotopic (exact) mass is 264 g/mol. The predicted molar refractivity (Wildman–Crippen MR) is 52.7 cm³/mol. The van der Waals surface area contributed by atoms with Gasteiger partial charge in [0.15, 0.2) is 0 Å². The summed E-state index contributed by atoms with van der Waals surface area (Å²) in [6.45, 7) is 1.57. The number of hydrogen-bond donors (Lipinski definition) is 1. The highest BCUT2D eigenvalue weighted by molar-refractivity contribution is 9.11. The summed E-state index contributed by atoms with van der Waals surface area (Å²) in [4.78, 5) is 10.5. The normalized spacial score (nSPS) is 11.7. The summed E-state index contributed by atoms with van der Waals surface area (Å²) in [5, 5.41) is 21.8. The number of hydrogen-bond acceptors (Lipinski definition) is 5. The highest BCUT2D eigenvalue weighted by atomic mass is 79.9. The molecule has 0 amide bonds. The summed E-state index contributed by atoms with van der Waals surface area (Å²) >= 11 is 4.21. The van der Waals surface area contributed by atoms with Crippen molar-refractivity contribution in [1.82, 2.24) is 0 Å². The molecule has 1 N–H and O–H groups in total. The summed E-state index contributed by atoms with van der Waals surface area (Å²) in [6.07, 6.45) is 0. The molecule has 1 rings (SSSR count). The van der Waals surface area contributed by atoms with Crippen molar-refractivity contribution in [2.24, 2.45) is 5.16 Å². The molecule has 13 heavy (non-hydrogen) atoms. The summed E-state index contributed by atoms with van der Waals surface area (Å²) in [6, 6.07) is 1.36. The Balaban J connectivity index is 3.16. The molecule has 1 aromatic rings. The van der Waals surface area contributed by atoms with Crippen molar-refractivity contribution in [2.75, 3.05) is 0 Å². The Kier molecular flexibility index (Phi) is 2.99.